The summed E-state index contributed by atoms with van der Waals surface area (Å²) in [5.41, 5.74) is 1.93. The predicted octanol–water partition coefficient (Wildman–Crippen LogP) is 5.24. The van der Waals surface area contributed by atoms with Crippen molar-refractivity contribution >= 4 is 33.0 Å². The fourth-order valence-electron chi connectivity index (χ4n) is 3.03. The van der Waals surface area contributed by atoms with Crippen molar-refractivity contribution < 1.29 is 0 Å². The van der Waals surface area contributed by atoms with Crippen LogP contribution in [0.15, 0.2) is 29.6 Å². The maximum absolute atomic E-state index is 6.26. The van der Waals surface area contributed by atoms with E-state index in [9.17, 15) is 0 Å². The van der Waals surface area contributed by atoms with Crippen LogP contribution in [0.5, 0.6) is 0 Å². The van der Waals surface area contributed by atoms with Gasteiger partial charge in [-0.2, -0.15) is 0 Å². The maximum atomic E-state index is 6.26. The molecule has 1 aromatic heterocycles. The number of thiophene rings is 1. The van der Waals surface area contributed by atoms with E-state index in [1.807, 2.05) is 11.3 Å². The van der Waals surface area contributed by atoms with E-state index < -0.39 is 0 Å². The monoisotopic (exact) mass is 264 g/mol. The van der Waals surface area contributed by atoms with Gasteiger partial charge in [0.1, 0.15) is 0 Å². The van der Waals surface area contributed by atoms with Crippen LogP contribution in [0.4, 0.5) is 0 Å². The summed E-state index contributed by atoms with van der Waals surface area (Å²) in [6, 6.07) is 8.72. The molecule has 1 heterocycles. The number of benzene rings is 1. The Morgan fingerprint density at radius 1 is 1.41 bits per heavy atom. The van der Waals surface area contributed by atoms with E-state index >= 15 is 0 Å². The molecule has 0 spiro atoms. The highest BCUT2D eigenvalue weighted by atomic mass is 35.5. The second-order valence-corrected chi connectivity index (χ2v) is 7.11. The second-order valence-electron chi connectivity index (χ2n) is 5.58. The van der Waals surface area contributed by atoms with Gasteiger partial charge in [0.05, 0.1) is 0 Å². The standard InChI is InChI=1S/C15H17ClS/c1-15(7-6-12(16)9-15)8-11-10-17-14-5-3-2-4-13(11)14/h2-5,10,12H,6-9H2,1H3. The third kappa shape index (κ3) is 2.23. The number of rotatable bonds is 2. The van der Waals surface area contributed by atoms with E-state index in [0.717, 1.165) is 0 Å². The van der Waals surface area contributed by atoms with Gasteiger partial charge in [0.25, 0.3) is 0 Å². The van der Waals surface area contributed by atoms with Crippen LogP contribution in [0.3, 0.4) is 0 Å². The number of fused-ring (bicyclic) bond motifs is 1. The number of hydrogen-bond donors (Lipinski definition) is 0. The summed E-state index contributed by atoms with van der Waals surface area (Å²) in [5, 5.41) is 4.17. The first-order chi connectivity index (χ1) is 8.16. The molecule has 1 aromatic carbocycles. The first-order valence-electron chi connectivity index (χ1n) is 6.25. The van der Waals surface area contributed by atoms with Crippen LogP contribution in [0, 0.1) is 5.41 Å². The lowest BCUT2D eigenvalue weighted by molar-refractivity contribution is 0.336. The van der Waals surface area contributed by atoms with Crippen LogP contribution < -0.4 is 0 Å². The van der Waals surface area contributed by atoms with Gasteiger partial charge in [-0.1, -0.05) is 25.1 Å². The quantitative estimate of drug-likeness (QED) is 0.651. The minimum absolute atomic E-state index is 0.393. The lowest BCUT2D eigenvalue weighted by Gasteiger charge is -2.23. The Morgan fingerprint density at radius 3 is 3.00 bits per heavy atom. The summed E-state index contributed by atoms with van der Waals surface area (Å²) >= 11 is 8.12. The third-order valence-corrected chi connectivity index (χ3v) is 5.34. The molecule has 2 heteroatoms. The molecule has 1 fully saturated rings. The largest absolute Gasteiger partial charge is 0.144 e. The summed E-state index contributed by atoms with van der Waals surface area (Å²) < 4.78 is 1.41. The summed E-state index contributed by atoms with van der Waals surface area (Å²) in [6.45, 7) is 2.39. The van der Waals surface area contributed by atoms with Crippen LogP contribution >= 0.6 is 22.9 Å². The average molecular weight is 265 g/mol. The topological polar surface area (TPSA) is 0 Å². The molecule has 17 heavy (non-hydrogen) atoms. The van der Waals surface area contributed by atoms with E-state index in [4.69, 9.17) is 11.6 Å². The molecule has 0 radical (unpaired) electrons. The Labute approximate surface area is 112 Å². The van der Waals surface area contributed by atoms with Crippen molar-refractivity contribution in [1.29, 1.82) is 0 Å². The van der Waals surface area contributed by atoms with Gasteiger partial charge >= 0.3 is 0 Å². The molecule has 3 rings (SSSR count). The molecular weight excluding hydrogens is 248 g/mol. The van der Waals surface area contributed by atoms with Crippen LogP contribution in [0.2, 0.25) is 0 Å². The van der Waals surface area contributed by atoms with Gasteiger partial charge in [0.2, 0.25) is 0 Å². The van der Waals surface area contributed by atoms with Gasteiger partial charge in [-0.3, -0.25) is 0 Å². The van der Waals surface area contributed by atoms with Crippen LogP contribution in [0.1, 0.15) is 31.7 Å². The van der Waals surface area contributed by atoms with E-state index in [1.54, 1.807) is 0 Å². The molecule has 0 bridgehead atoms. The first kappa shape index (κ1) is 11.6. The van der Waals surface area contributed by atoms with Crippen molar-refractivity contribution in [3.63, 3.8) is 0 Å². The maximum Gasteiger partial charge on any atom is 0.0345 e. The molecule has 0 nitrogen and oxygen atoms in total. The Morgan fingerprint density at radius 2 is 2.24 bits per heavy atom. The number of alkyl halides is 1. The Bertz CT molecular complexity index is 530. The minimum atomic E-state index is 0.393. The van der Waals surface area contributed by atoms with Gasteiger partial charge in [-0.05, 0) is 53.5 Å². The van der Waals surface area contributed by atoms with Gasteiger partial charge in [0, 0.05) is 10.1 Å². The fraction of sp³-hybridized carbons (Fsp3) is 0.467. The highest BCUT2D eigenvalue weighted by Gasteiger charge is 2.34. The van der Waals surface area contributed by atoms with Gasteiger partial charge in [0.15, 0.2) is 0 Å². The zero-order chi connectivity index (χ0) is 11.9. The summed E-state index contributed by atoms with van der Waals surface area (Å²) in [7, 11) is 0. The third-order valence-electron chi connectivity index (χ3n) is 3.95. The van der Waals surface area contributed by atoms with Gasteiger partial charge < -0.3 is 0 Å². The van der Waals surface area contributed by atoms with Crippen molar-refractivity contribution in [2.75, 3.05) is 0 Å². The SMILES string of the molecule is CC1(Cc2csc3ccccc23)CCC(Cl)C1. The Balaban J connectivity index is 1.90. The van der Waals surface area contributed by atoms with Crippen LogP contribution in [-0.4, -0.2) is 5.38 Å². The summed E-state index contributed by atoms with van der Waals surface area (Å²) in [5.74, 6) is 0. The zero-order valence-corrected chi connectivity index (χ0v) is 11.7. The smallest absolute Gasteiger partial charge is 0.0345 e. The number of hydrogen-bond acceptors (Lipinski definition) is 1. The highest BCUT2D eigenvalue weighted by molar-refractivity contribution is 7.17. The Kier molecular flexibility index (Phi) is 2.92. The van der Waals surface area contributed by atoms with Crippen LogP contribution in [0.25, 0.3) is 10.1 Å². The van der Waals surface area contributed by atoms with Gasteiger partial charge in [-0.15, -0.1) is 22.9 Å². The molecule has 1 saturated carbocycles. The molecule has 90 valence electrons. The lowest BCUT2D eigenvalue weighted by atomic mass is 9.82. The van der Waals surface area contributed by atoms with E-state index in [2.05, 4.69) is 36.6 Å². The van der Waals surface area contributed by atoms with Gasteiger partial charge in [-0.25, -0.2) is 0 Å². The van der Waals surface area contributed by atoms with Crippen molar-refractivity contribution in [3.05, 3.63) is 35.2 Å². The molecule has 2 aromatic rings. The normalized spacial score (nSPS) is 28.9. The first-order valence-corrected chi connectivity index (χ1v) is 7.57. The molecule has 0 N–H and O–H groups in total. The molecule has 1 aliphatic rings. The molecule has 2 unspecified atom stereocenters. The summed E-state index contributed by atoms with van der Waals surface area (Å²) in [6.07, 6.45) is 4.80. The zero-order valence-electron chi connectivity index (χ0n) is 10.1. The minimum Gasteiger partial charge on any atom is -0.144 e. The molecule has 0 saturated heterocycles. The van der Waals surface area contributed by atoms with Crippen molar-refractivity contribution in [2.24, 2.45) is 5.41 Å². The molecule has 0 amide bonds. The van der Waals surface area contributed by atoms with Crippen molar-refractivity contribution in [1.82, 2.24) is 0 Å². The fourth-order valence-corrected chi connectivity index (χ4v) is 4.48. The molecule has 0 aliphatic heterocycles. The molecule has 1 aliphatic carbocycles. The molecule has 2 atom stereocenters. The van der Waals surface area contributed by atoms with E-state index in [0.29, 0.717) is 10.8 Å². The van der Waals surface area contributed by atoms with E-state index in [-0.39, 0.29) is 0 Å². The second kappa shape index (κ2) is 4.29. The van der Waals surface area contributed by atoms with Crippen molar-refractivity contribution in [2.45, 2.75) is 38.0 Å². The summed E-state index contributed by atoms with van der Waals surface area (Å²) in [4.78, 5) is 0. The molecular formula is C15H17ClS. The predicted molar refractivity (Wildman–Crippen MR) is 77.1 cm³/mol. The number of halogens is 1. The lowest BCUT2D eigenvalue weighted by Crippen LogP contribution is -2.15. The van der Waals surface area contributed by atoms with E-state index in [1.165, 1.54) is 41.3 Å². The Hall–Kier alpha value is -0.530. The van der Waals surface area contributed by atoms with Crippen LogP contribution in [-0.2, 0) is 6.42 Å². The average Bonchev–Trinajstić information content (AvgIpc) is 2.85. The van der Waals surface area contributed by atoms with Crippen molar-refractivity contribution in [3.8, 4) is 0 Å². The highest BCUT2D eigenvalue weighted by Crippen LogP contribution is 2.44.